The summed E-state index contributed by atoms with van der Waals surface area (Å²) in [7, 11) is 1.62. The number of ether oxygens (including phenoxy) is 4. The van der Waals surface area contributed by atoms with Crippen LogP contribution in [-0.4, -0.2) is 43.8 Å². The van der Waals surface area contributed by atoms with E-state index < -0.39 is 0 Å². The Balaban J connectivity index is 1.41. The average molecular weight is 407 g/mol. The van der Waals surface area contributed by atoms with E-state index in [1.165, 1.54) is 0 Å². The minimum Gasteiger partial charge on any atom is -0.497 e. The van der Waals surface area contributed by atoms with Crippen molar-refractivity contribution in [2.45, 2.75) is 32.4 Å². The van der Waals surface area contributed by atoms with Crippen molar-refractivity contribution in [3.8, 4) is 17.2 Å². The molecule has 6 heteroatoms. The number of fused-ring (bicyclic) bond motifs is 2. The lowest BCUT2D eigenvalue weighted by atomic mass is 10.00. The monoisotopic (exact) mass is 407 g/mol. The summed E-state index contributed by atoms with van der Waals surface area (Å²) < 4.78 is 23.1. The Morgan fingerprint density at radius 3 is 2.97 bits per heavy atom. The molecule has 1 atom stereocenters. The maximum atomic E-state index is 13.1. The Bertz CT molecular complexity index is 1020. The van der Waals surface area contributed by atoms with Crippen molar-refractivity contribution in [1.29, 1.82) is 0 Å². The molecule has 0 spiro atoms. The normalized spacial score (nSPS) is 21.9. The molecule has 2 aromatic carbocycles. The second-order valence-electron chi connectivity index (χ2n) is 8.00. The van der Waals surface area contributed by atoms with E-state index in [1.807, 2.05) is 37.3 Å². The number of ketones is 1. The molecule has 3 heterocycles. The molecule has 0 amide bonds. The lowest BCUT2D eigenvalue weighted by Gasteiger charge is -2.31. The van der Waals surface area contributed by atoms with E-state index in [0.29, 0.717) is 23.8 Å². The molecule has 156 valence electrons. The number of hydrogen-bond donors (Lipinski definition) is 0. The average Bonchev–Trinajstić information content (AvgIpc) is 3.37. The lowest BCUT2D eigenvalue weighted by Crippen LogP contribution is -2.37. The van der Waals surface area contributed by atoms with Gasteiger partial charge in [0, 0.05) is 30.8 Å². The van der Waals surface area contributed by atoms with Crippen LogP contribution in [0, 0.1) is 6.92 Å². The third-order valence-corrected chi connectivity index (χ3v) is 5.88. The molecule has 6 nitrogen and oxygen atoms in total. The first-order valence-electron chi connectivity index (χ1n) is 10.3. The number of carbonyl (C=O) groups excluding carboxylic acids is 1. The summed E-state index contributed by atoms with van der Waals surface area (Å²) in [5.41, 5.74) is 3.35. The van der Waals surface area contributed by atoms with Crippen molar-refractivity contribution >= 4 is 11.9 Å². The zero-order valence-corrected chi connectivity index (χ0v) is 17.3. The number of allylic oxidation sites excluding steroid dienone is 1. The van der Waals surface area contributed by atoms with E-state index in [2.05, 4.69) is 4.90 Å². The van der Waals surface area contributed by atoms with Crippen LogP contribution in [0.5, 0.6) is 17.2 Å². The number of benzene rings is 2. The molecule has 0 saturated carbocycles. The van der Waals surface area contributed by atoms with E-state index in [9.17, 15) is 4.79 Å². The van der Waals surface area contributed by atoms with Gasteiger partial charge in [0.25, 0.3) is 0 Å². The molecule has 0 bridgehead atoms. The molecular weight excluding hydrogens is 382 g/mol. The van der Waals surface area contributed by atoms with Gasteiger partial charge in [0.15, 0.2) is 5.76 Å². The number of methoxy groups -OCH3 is 1. The van der Waals surface area contributed by atoms with Gasteiger partial charge in [-0.25, -0.2) is 0 Å². The van der Waals surface area contributed by atoms with Gasteiger partial charge in [-0.05, 0) is 49.6 Å². The zero-order chi connectivity index (χ0) is 20.7. The summed E-state index contributed by atoms with van der Waals surface area (Å²) in [6, 6.07) is 9.47. The van der Waals surface area contributed by atoms with Gasteiger partial charge in [-0.15, -0.1) is 0 Å². The quantitative estimate of drug-likeness (QED) is 0.716. The first-order chi connectivity index (χ1) is 14.6. The van der Waals surface area contributed by atoms with Crippen molar-refractivity contribution in [3.05, 3.63) is 58.3 Å². The zero-order valence-electron chi connectivity index (χ0n) is 17.3. The van der Waals surface area contributed by atoms with Gasteiger partial charge >= 0.3 is 0 Å². The van der Waals surface area contributed by atoms with Crippen LogP contribution < -0.4 is 14.2 Å². The minimum absolute atomic E-state index is 0.102. The fraction of sp³-hybridized carbons (Fsp3) is 0.375. The molecule has 1 fully saturated rings. The predicted octanol–water partition coefficient (Wildman–Crippen LogP) is 3.95. The third kappa shape index (κ3) is 3.46. The van der Waals surface area contributed by atoms with Crippen LogP contribution in [0.15, 0.2) is 36.1 Å². The maximum Gasteiger partial charge on any atom is 0.231 e. The van der Waals surface area contributed by atoms with Crippen LogP contribution in [0.4, 0.5) is 0 Å². The Kier molecular flexibility index (Phi) is 4.97. The highest BCUT2D eigenvalue weighted by molar-refractivity contribution is 6.15. The summed E-state index contributed by atoms with van der Waals surface area (Å²) in [5.74, 6) is 2.38. The number of carbonyl (C=O) groups is 1. The fourth-order valence-corrected chi connectivity index (χ4v) is 4.37. The summed E-state index contributed by atoms with van der Waals surface area (Å²) in [5, 5.41) is 0. The smallest absolute Gasteiger partial charge is 0.231 e. The van der Waals surface area contributed by atoms with E-state index in [-0.39, 0.29) is 11.9 Å². The molecule has 5 rings (SSSR count). The highest BCUT2D eigenvalue weighted by Gasteiger charge is 2.34. The molecule has 2 aromatic rings. The highest BCUT2D eigenvalue weighted by Crippen LogP contribution is 2.43. The Morgan fingerprint density at radius 1 is 1.27 bits per heavy atom. The number of Topliss-reactive ketones (excluding diaryl/α,β-unsaturated/α-hetero) is 1. The van der Waals surface area contributed by atoms with Crippen molar-refractivity contribution < 1.29 is 23.7 Å². The Labute approximate surface area is 176 Å². The topological polar surface area (TPSA) is 57.2 Å². The maximum absolute atomic E-state index is 13.1. The first-order valence-corrected chi connectivity index (χ1v) is 10.3. The SMILES string of the molecule is COc1cccc(/C=C2\Oc3c(cc4c(c3C)OCN(CC3CCCO3)C4)C2=O)c1. The second-order valence-corrected chi connectivity index (χ2v) is 8.00. The highest BCUT2D eigenvalue weighted by atomic mass is 16.5. The van der Waals surface area contributed by atoms with Crippen molar-refractivity contribution in [2.24, 2.45) is 0 Å². The Morgan fingerprint density at radius 2 is 2.17 bits per heavy atom. The van der Waals surface area contributed by atoms with E-state index in [1.54, 1.807) is 13.2 Å². The molecule has 1 saturated heterocycles. The molecule has 0 radical (unpaired) electrons. The first kappa shape index (κ1) is 19.2. The fourth-order valence-electron chi connectivity index (χ4n) is 4.37. The van der Waals surface area contributed by atoms with Crippen molar-refractivity contribution in [1.82, 2.24) is 4.90 Å². The van der Waals surface area contributed by atoms with Crippen LogP contribution >= 0.6 is 0 Å². The van der Waals surface area contributed by atoms with Gasteiger partial charge in [-0.3, -0.25) is 9.69 Å². The van der Waals surface area contributed by atoms with Gasteiger partial charge in [0.05, 0.1) is 18.8 Å². The van der Waals surface area contributed by atoms with Crippen LogP contribution in [0.3, 0.4) is 0 Å². The van der Waals surface area contributed by atoms with Crippen LogP contribution in [-0.2, 0) is 11.3 Å². The molecule has 0 aliphatic carbocycles. The predicted molar refractivity (Wildman–Crippen MR) is 112 cm³/mol. The molecule has 0 aromatic heterocycles. The largest absolute Gasteiger partial charge is 0.497 e. The molecular formula is C24H25NO5. The summed E-state index contributed by atoms with van der Waals surface area (Å²) in [6.45, 7) is 4.91. The number of hydrogen-bond acceptors (Lipinski definition) is 6. The van der Waals surface area contributed by atoms with Gasteiger partial charge in [0.2, 0.25) is 5.78 Å². The summed E-state index contributed by atoms with van der Waals surface area (Å²) >= 11 is 0. The Hall–Kier alpha value is -2.83. The van der Waals surface area contributed by atoms with Crippen LogP contribution in [0.25, 0.3) is 6.08 Å². The summed E-state index contributed by atoms with van der Waals surface area (Å²) in [6.07, 6.45) is 4.25. The van der Waals surface area contributed by atoms with Gasteiger partial charge in [0.1, 0.15) is 24.0 Å². The van der Waals surface area contributed by atoms with E-state index >= 15 is 0 Å². The van der Waals surface area contributed by atoms with Gasteiger partial charge in [-0.2, -0.15) is 0 Å². The minimum atomic E-state index is -0.102. The van der Waals surface area contributed by atoms with Gasteiger partial charge in [-0.1, -0.05) is 12.1 Å². The van der Waals surface area contributed by atoms with E-state index in [0.717, 1.165) is 60.7 Å². The molecule has 30 heavy (non-hydrogen) atoms. The third-order valence-electron chi connectivity index (χ3n) is 5.88. The van der Waals surface area contributed by atoms with Gasteiger partial charge < -0.3 is 18.9 Å². The molecule has 0 N–H and O–H groups in total. The molecule has 1 unspecified atom stereocenters. The van der Waals surface area contributed by atoms with Crippen molar-refractivity contribution in [3.63, 3.8) is 0 Å². The number of rotatable bonds is 4. The standard InChI is InChI=1S/C24H25NO5/c1-15-23-17(12-25(14-29-23)13-19-7-4-8-28-19)11-20-22(26)21(30-24(15)20)10-16-5-3-6-18(9-16)27-2/h3,5-6,9-11,19H,4,7-8,12-14H2,1-2H3/b21-10-. The van der Waals surface area contributed by atoms with Crippen molar-refractivity contribution in [2.75, 3.05) is 27.0 Å². The lowest BCUT2D eigenvalue weighted by molar-refractivity contribution is 0.0276. The molecule has 3 aliphatic heterocycles. The summed E-state index contributed by atoms with van der Waals surface area (Å²) in [4.78, 5) is 15.3. The number of nitrogens with zero attached hydrogens (tertiary/aromatic N) is 1. The van der Waals surface area contributed by atoms with E-state index in [4.69, 9.17) is 18.9 Å². The van der Waals surface area contributed by atoms with Crippen LogP contribution in [0.1, 0.15) is 39.9 Å². The molecule has 3 aliphatic rings. The second kappa shape index (κ2) is 7.78. The van der Waals surface area contributed by atoms with Crippen LogP contribution in [0.2, 0.25) is 0 Å².